The number of rotatable bonds is 1. The van der Waals surface area contributed by atoms with Crippen LogP contribution in [0.1, 0.15) is 69.2 Å². The van der Waals surface area contributed by atoms with Crippen molar-refractivity contribution < 1.29 is 0 Å². The van der Waals surface area contributed by atoms with Gasteiger partial charge < -0.3 is 0 Å². The summed E-state index contributed by atoms with van der Waals surface area (Å²) in [7, 11) is 0. The second-order valence-electron chi connectivity index (χ2n) is 7.25. The maximum absolute atomic E-state index is 4.51. The predicted molar refractivity (Wildman–Crippen MR) is 69.1 cm³/mol. The topological polar surface area (TPSA) is 25.8 Å². The van der Waals surface area contributed by atoms with E-state index >= 15 is 0 Å². The van der Waals surface area contributed by atoms with Gasteiger partial charge in [0.15, 0.2) is 0 Å². The summed E-state index contributed by atoms with van der Waals surface area (Å²) in [5, 5.41) is 8.71. The molecule has 1 heterocycles. The Balaban J connectivity index is 2.08. The zero-order valence-corrected chi connectivity index (χ0v) is 11.4. The van der Waals surface area contributed by atoms with Crippen LogP contribution in [0.25, 0.3) is 0 Å². The number of hydrogen-bond acceptors (Lipinski definition) is 2. The summed E-state index contributed by atoms with van der Waals surface area (Å²) in [5.74, 6) is 0.767. The van der Waals surface area contributed by atoms with Crippen molar-refractivity contribution in [1.29, 1.82) is 0 Å². The van der Waals surface area contributed by atoms with E-state index in [0.29, 0.717) is 10.8 Å². The molecule has 0 amide bonds. The van der Waals surface area contributed by atoms with Crippen LogP contribution < -0.4 is 0 Å². The standard InChI is InChI=1S/C15H22N2/c1-10-8-16-17-13-12(10)11-5-6-15(13,7-11)9-14(2,3)4/h8,11H,5-7,9H2,1-4H3/t11-,15+/m1/s1. The first kappa shape index (κ1) is 11.2. The van der Waals surface area contributed by atoms with Gasteiger partial charge >= 0.3 is 0 Å². The van der Waals surface area contributed by atoms with Crippen LogP contribution in [0.3, 0.4) is 0 Å². The van der Waals surface area contributed by atoms with Crippen molar-refractivity contribution in [2.45, 2.75) is 64.7 Å². The molecule has 0 spiro atoms. The van der Waals surface area contributed by atoms with Crippen LogP contribution in [0, 0.1) is 12.3 Å². The molecule has 0 aromatic carbocycles. The highest BCUT2D eigenvalue weighted by atomic mass is 15.1. The molecule has 2 aliphatic carbocycles. The Kier molecular flexibility index (Phi) is 2.17. The van der Waals surface area contributed by atoms with Gasteiger partial charge in [-0.2, -0.15) is 10.2 Å². The number of nitrogens with zero attached hydrogens (tertiary/aromatic N) is 2. The fourth-order valence-electron chi connectivity index (χ4n) is 4.24. The summed E-state index contributed by atoms with van der Waals surface area (Å²) in [6.07, 6.45) is 7.18. The van der Waals surface area contributed by atoms with Crippen LogP contribution >= 0.6 is 0 Å². The fraction of sp³-hybridized carbons (Fsp3) is 0.733. The Labute approximate surface area is 104 Å². The smallest absolute Gasteiger partial charge is 0.0730 e. The molecule has 92 valence electrons. The number of aromatic nitrogens is 2. The Hall–Kier alpha value is -0.920. The summed E-state index contributed by atoms with van der Waals surface area (Å²) in [5.41, 5.74) is 4.95. The van der Waals surface area contributed by atoms with E-state index in [-0.39, 0.29) is 0 Å². The van der Waals surface area contributed by atoms with Crippen LogP contribution in [0.5, 0.6) is 0 Å². The fourth-order valence-corrected chi connectivity index (χ4v) is 4.24. The highest BCUT2D eigenvalue weighted by Crippen LogP contribution is 2.60. The van der Waals surface area contributed by atoms with Gasteiger partial charge in [-0.15, -0.1) is 0 Å². The number of fused-ring (bicyclic) bond motifs is 5. The van der Waals surface area contributed by atoms with Gasteiger partial charge in [-0.25, -0.2) is 0 Å². The van der Waals surface area contributed by atoms with Crippen molar-refractivity contribution in [1.82, 2.24) is 10.2 Å². The maximum atomic E-state index is 4.51. The summed E-state index contributed by atoms with van der Waals surface area (Å²) < 4.78 is 0. The van der Waals surface area contributed by atoms with E-state index in [1.165, 1.54) is 42.5 Å². The molecule has 0 saturated heterocycles. The first-order valence-corrected chi connectivity index (χ1v) is 6.74. The zero-order chi connectivity index (χ0) is 12.3. The molecule has 0 aliphatic heterocycles. The highest BCUT2D eigenvalue weighted by Gasteiger charge is 2.52. The maximum Gasteiger partial charge on any atom is 0.0730 e. The average Bonchev–Trinajstić information content (AvgIpc) is 2.71. The third-order valence-electron chi connectivity index (χ3n) is 4.48. The molecule has 1 aromatic heterocycles. The molecule has 2 nitrogen and oxygen atoms in total. The van der Waals surface area contributed by atoms with E-state index in [9.17, 15) is 0 Å². The molecule has 1 aromatic rings. The minimum atomic E-state index is 0.345. The molecule has 2 bridgehead atoms. The summed E-state index contributed by atoms with van der Waals surface area (Å²) in [4.78, 5) is 0. The molecule has 3 rings (SSSR count). The van der Waals surface area contributed by atoms with E-state index < -0.39 is 0 Å². The average molecular weight is 230 g/mol. The first-order valence-electron chi connectivity index (χ1n) is 6.74. The van der Waals surface area contributed by atoms with Crippen molar-refractivity contribution in [3.05, 3.63) is 23.0 Å². The van der Waals surface area contributed by atoms with Crippen molar-refractivity contribution >= 4 is 0 Å². The van der Waals surface area contributed by atoms with E-state index in [1.54, 1.807) is 0 Å². The molecule has 0 unspecified atom stereocenters. The predicted octanol–water partition coefficient (Wildman–Crippen LogP) is 3.74. The first-order chi connectivity index (χ1) is 7.91. The highest BCUT2D eigenvalue weighted by molar-refractivity contribution is 5.44. The van der Waals surface area contributed by atoms with Gasteiger partial charge in [0.1, 0.15) is 0 Å². The molecule has 0 radical (unpaired) electrons. The van der Waals surface area contributed by atoms with Gasteiger partial charge in [0.2, 0.25) is 0 Å². The second-order valence-corrected chi connectivity index (χ2v) is 7.25. The van der Waals surface area contributed by atoms with E-state index in [1.807, 2.05) is 6.20 Å². The van der Waals surface area contributed by atoms with Crippen LogP contribution in [-0.2, 0) is 5.41 Å². The van der Waals surface area contributed by atoms with Gasteiger partial charge in [0, 0.05) is 5.41 Å². The van der Waals surface area contributed by atoms with Crippen molar-refractivity contribution in [2.24, 2.45) is 5.41 Å². The van der Waals surface area contributed by atoms with Crippen LogP contribution in [0.2, 0.25) is 0 Å². The van der Waals surface area contributed by atoms with Crippen LogP contribution in [0.4, 0.5) is 0 Å². The summed E-state index contributed by atoms with van der Waals surface area (Å²) in [6, 6.07) is 0. The van der Waals surface area contributed by atoms with Gasteiger partial charge in [0.25, 0.3) is 0 Å². The van der Waals surface area contributed by atoms with E-state index in [0.717, 1.165) is 5.92 Å². The molecular formula is C15H22N2. The van der Waals surface area contributed by atoms with Crippen molar-refractivity contribution in [3.8, 4) is 0 Å². The quantitative estimate of drug-likeness (QED) is 0.734. The lowest BCUT2D eigenvalue weighted by Crippen LogP contribution is -2.29. The van der Waals surface area contributed by atoms with E-state index in [2.05, 4.69) is 37.9 Å². The SMILES string of the molecule is Cc1cnnc2c1[C@@H]1CC[C@@]2(CC(C)(C)C)C1. The minimum absolute atomic E-state index is 0.345. The molecule has 1 saturated carbocycles. The third-order valence-corrected chi connectivity index (χ3v) is 4.48. The lowest BCUT2D eigenvalue weighted by atomic mass is 9.71. The monoisotopic (exact) mass is 230 g/mol. The third kappa shape index (κ3) is 1.61. The summed E-state index contributed by atoms with van der Waals surface area (Å²) in [6.45, 7) is 9.22. The lowest BCUT2D eigenvalue weighted by molar-refractivity contribution is 0.254. The lowest BCUT2D eigenvalue weighted by Gasteiger charge is -2.34. The zero-order valence-electron chi connectivity index (χ0n) is 11.4. The van der Waals surface area contributed by atoms with Crippen molar-refractivity contribution in [2.75, 3.05) is 0 Å². The minimum Gasteiger partial charge on any atom is -0.159 e. The Morgan fingerprint density at radius 1 is 1.41 bits per heavy atom. The molecule has 1 fully saturated rings. The van der Waals surface area contributed by atoms with Gasteiger partial charge in [0.05, 0.1) is 11.9 Å². The Morgan fingerprint density at radius 2 is 2.18 bits per heavy atom. The Bertz CT molecular complexity index is 458. The van der Waals surface area contributed by atoms with Gasteiger partial charge in [-0.1, -0.05) is 20.8 Å². The number of hydrogen-bond donors (Lipinski definition) is 0. The molecule has 0 N–H and O–H groups in total. The summed E-state index contributed by atoms with van der Waals surface area (Å²) >= 11 is 0. The van der Waals surface area contributed by atoms with E-state index in [4.69, 9.17) is 0 Å². The Morgan fingerprint density at radius 3 is 2.88 bits per heavy atom. The largest absolute Gasteiger partial charge is 0.159 e. The molecule has 2 aliphatic rings. The van der Waals surface area contributed by atoms with Crippen molar-refractivity contribution in [3.63, 3.8) is 0 Å². The molecule has 17 heavy (non-hydrogen) atoms. The second kappa shape index (κ2) is 3.30. The normalized spacial score (nSPS) is 30.7. The number of aryl methyl sites for hydroxylation is 1. The molecule has 2 atom stereocenters. The molecule has 2 heteroatoms. The van der Waals surface area contributed by atoms with Crippen LogP contribution in [-0.4, -0.2) is 10.2 Å². The van der Waals surface area contributed by atoms with Gasteiger partial charge in [-0.05, 0) is 55.1 Å². The molecular weight excluding hydrogens is 208 g/mol. The van der Waals surface area contributed by atoms with Gasteiger partial charge in [-0.3, -0.25) is 0 Å². The van der Waals surface area contributed by atoms with Crippen LogP contribution in [0.15, 0.2) is 6.20 Å².